The quantitative estimate of drug-likeness (QED) is 0.578. The number of methoxy groups -OCH3 is 1. The van der Waals surface area contributed by atoms with Gasteiger partial charge in [0.2, 0.25) is 0 Å². The molecule has 136 valence electrons. The number of benzene rings is 2. The van der Waals surface area contributed by atoms with Crippen LogP contribution in [0.3, 0.4) is 0 Å². The van der Waals surface area contributed by atoms with Crippen LogP contribution in [0.1, 0.15) is 17.0 Å². The second kappa shape index (κ2) is 6.92. The highest BCUT2D eigenvalue weighted by molar-refractivity contribution is 7.13. The minimum Gasteiger partial charge on any atom is -0.494 e. The Balaban J connectivity index is 1.79. The maximum absolute atomic E-state index is 13.9. The second-order valence-corrected chi connectivity index (χ2v) is 6.96. The van der Waals surface area contributed by atoms with E-state index in [1.165, 1.54) is 13.2 Å². The van der Waals surface area contributed by atoms with Gasteiger partial charge in [-0.05, 0) is 41.7 Å². The van der Waals surface area contributed by atoms with E-state index in [9.17, 15) is 9.18 Å². The third-order valence-corrected chi connectivity index (χ3v) is 5.20. The molecule has 0 spiro atoms. The van der Waals surface area contributed by atoms with Crippen molar-refractivity contribution in [2.75, 3.05) is 7.11 Å². The molecule has 0 unspecified atom stereocenters. The number of nitrogens with zero attached hydrogens (tertiary/aromatic N) is 2. The van der Waals surface area contributed by atoms with Crippen LogP contribution in [0.4, 0.5) is 4.39 Å². The fourth-order valence-electron chi connectivity index (χ4n) is 3.00. The topological polar surface area (TPSA) is 67.9 Å². The average molecular weight is 381 g/mol. The van der Waals surface area contributed by atoms with E-state index in [0.29, 0.717) is 33.7 Å². The molecule has 0 fully saturated rings. The fourth-order valence-corrected chi connectivity index (χ4v) is 3.73. The molecule has 0 bridgehead atoms. The van der Waals surface area contributed by atoms with Gasteiger partial charge in [-0.2, -0.15) is 4.37 Å². The summed E-state index contributed by atoms with van der Waals surface area (Å²) in [4.78, 5) is 19.9. The number of hydrogen-bond acceptors (Lipinski definition) is 5. The lowest BCUT2D eigenvalue weighted by molar-refractivity contribution is 0.386. The molecule has 0 aliphatic heterocycles. The van der Waals surface area contributed by atoms with Crippen LogP contribution >= 0.6 is 11.5 Å². The van der Waals surface area contributed by atoms with Gasteiger partial charge in [-0.15, -0.1) is 0 Å². The zero-order chi connectivity index (χ0) is 19.0. The molecule has 0 aliphatic carbocycles. The minimum absolute atomic E-state index is 0.180. The first kappa shape index (κ1) is 17.4. The lowest BCUT2D eigenvalue weighted by atomic mass is 10.1. The van der Waals surface area contributed by atoms with Gasteiger partial charge in [-0.1, -0.05) is 30.3 Å². The molecule has 27 heavy (non-hydrogen) atoms. The molecule has 4 rings (SSSR count). The normalized spacial score (nSPS) is 11.1. The third kappa shape index (κ3) is 3.21. The summed E-state index contributed by atoms with van der Waals surface area (Å²) in [6.07, 6.45) is 0.301. The van der Waals surface area contributed by atoms with E-state index in [-0.39, 0.29) is 11.3 Å². The molecule has 0 atom stereocenters. The number of aromatic nitrogens is 3. The predicted molar refractivity (Wildman–Crippen MR) is 104 cm³/mol. The molecule has 1 N–H and O–H groups in total. The van der Waals surface area contributed by atoms with Crippen molar-refractivity contribution in [3.8, 4) is 17.0 Å². The number of nitrogens with one attached hydrogen (secondary N) is 1. The number of hydrogen-bond donors (Lipinski definition) is 1. The smallest absolute Gasteiger partial charge is 0.270 e. The summed E-state index contributed by atoms with van der Waals surface area (Å²) in [5.74, 6) is 0.197. The Bertz CT molecular complexity index is 1200. The van der Waals surface area contributed by atoms with Crippen LogP contribution < -0.4 is 10.3 Å². The maximum Gasteiger partial charge on any atom is 0.270 e. The number of fused-ring (bicyclic) bond motifs is 1. The molecule has 0 amide bonds. The van der Waals surface area contributed by atoms with Crippen molar-refractivity contribution in [1.82, 2.24) is 14.3 Å². The van der Waals surface area contributed by atoms with E-state index >= 15 is 0 Å². The molecule has 0 aliphatic rings. The van der Waals surface area contributed by atoms with Crippen molar-refractivity contribution in [3.63, 3.8) is 0 Å². The third-order valence-electron chi connectivity index (χ3n) is 4.37. The van der Waals surface area contributed by atoms with E-state index < -0.39 is 5.82 Å². The van der Waals surface area contributed by atoms with Gasteiger partial charge in [0.1, 0.15) is 21.7 Å². The maximum atomic E-state index is 13.9. The monoisotopic (exact) mass is 381 g/mol. The van der Waals surface area contributed by atoms with Crippen molar-refractivity contribution in [2.45, 2.75) is 13.3 Å². The van der Waals surface area contributed by atoms with Gasteiger partial charge in [-0.25, -0.2) is 9.37 Å². The summed E-state index contributed by atoms with van der Waals surface area (Å²) in [6, 6.07) is 12.5. The average Bonchev–Trinajstić information content (AvgIpc) is 3.06. The summed E-state index contributed by atoms with van der Waals surface area (Å²) >= 11 is 1.13. The summed E-state index contributed by atoms with van der Waals surface area (Å²) in [6.45, 7) is 1.99. The fraction of sp³-hybridized carbons (Fsp3) is 0.150. The predicted octanol–water partition coefficient (Wildman–Crippen LogP) is 4.09. The van der Waals surface area contributed by atoms with Gasteiger partial charge in [0.05, 0.1) is 7.11 Å². The number of rotatable bonds is 4. The molecule has 2 heterocycles. The lowest BCUT2D eigenvalue weighted by Gasteiger charge is -2.06. The number of aromatic amines is 1. The standard InChI is InChI=1S/C20H16FN3O2S/c1-11-5-3-4-6-13(11)17-18-19(27-24-17)20(25)23-16(22-18)10-12-7-8-15(26-2)14(21)9-12/h3-9H,10H2,1-2H3,(H,22,23,25). The molecule has 2 aromatic carbocycles. The second-order valence-electron chi connectivity index (χ2n) is 6.18. The van der Waals surface area contributed by atoms with E-state index in [4.69, 9.17) is 4.74 Å². The summed E-state index contributed by atoms with van der Waals surface area (Å²) in [7, 11) is 1.42. The molecule has 0 radical (unpaired) electrons. The van der Waals surface area contributed by atoms with Crippen molar-refractivity contribution < 1.29 is 9.13 Å². The molecule has 7 heteroatoms. The van der Waals surface area contributed by atoms with Crippen molar-refractivity contribution in [1.29, 1.82) is 0 Å². The zero-order valence-electron chi connectivity index (χ0n) is 14.7. The largest absolute Gasteiger partial charge is 0.494 e. The first-order valence-corrected chi connectivity index (χ1v) is 9.11. The Morgan fingerprint density at radius 2 is 2.04 bits per heavy atom. The van der Waals surface area contributed by atoms with Crippen LogP contribution in [0.15, 0.2) is 47.3 Å². The molecular weight excluding hydrogens is 365 g/mol. The van der Waals surface area contributed by atoms with Crippen LogP contribution in [0.2, 0.25) is 0 Å². The molecule has 2 aromatic heterocycles. The Morgan fingerprint density at radius 1 is 1.22 bits per heavy atom. The first-order valence-electron chi connectivity index (χ1n) is 8.34. The van der Waals surface area contributed by atoms with Gasteiger partial charge in [-0.3, -0.25) is 4.79 Å². The van der Waals surface area contributed by atoms with E-state index in [1.807, 2.05) is 31.2 Å². The van der Waals surface area contributed by atoms with Gasteiger partial charge in [0.15, 0.2) is 11.6 Å². The minimum atomic E-state index is -0.448. The van der Waals surface area contributed by atoms with Gasteiger partial charge < -0.3 is 9.72 Å². The molecule has 5 nitrogen and oxygen atoms in total. The van der Waals surface area contributed by atoms with Gasteiger partial charge in [0.25, 0.3) is 5.56 Å². The summed E-state index contributed by atoms with van der Waals surface area (Å²) < 4.78 is 23.8. The Labute approximate surface area is 158 Å². The summed E-state index contributed by atoms with van der Waals surface area (Å²) in [5, 5.41) is 0. The Morgan fingerprint density at radius 3 is 2.78 bits per heavy atom. The van der Waals surface area contributed by atoms with E-state index in [1.54, 1.807) is 12.1 Å². The number of halogens is 1. The van der Waals surface area contributed by atoms with E-state index in [2.05, 4.69) is 14.3 Å². The first-order chi connectivity index (χ1) is 13.1. The summed E-state index contributed by atoms with van der Waals surface area (Å²) in [5.41, 5.74) is 3.73. The number of H-pyrrole nitrogens is 1. The molecule has 4 aromatic rings. The van der Waals surface area contributed by atoms with Crippen LogP contribution in [0.5, 0.6) is 5.75 Å². The van der Waals surface area contributed by atoms with E-state index in [0.717, 1.165) is 22.7 Å². The van der Waals surface area contributed by atoms with Crippen molar-refractivity contribution in [2.24, 2.45) is 0 Å². The van der Waals surface area contributed by atoms with Gasteiger partial charge in [0, 0.05) is 12.0 Å². The lowest BCUT2D eigenvalue weighted by Crippen LogP contribution is -2.11. The highest BCUT2D eigenvalue weighted by atomic mass is 32.1. The van der Waals surface area contributed by atoms with Crippen LogP contribution in [0.25, 0.3) is 21.5 Å². The zero-order valence-corrected chi connectivity index (χ0v) is 15.6. The molecule has 0 saturated heterocycles. The van der Waals surface area contributed by atoms with Crippen molar-refractivity contribution >= 4 is 21.7 Å². The molecular formula is C20H16FN3O2S. The van der Waals surface area contributed by atoms with Gasteiger partial charge >= 0.3 is 0 Å². The van der Waals surface area contributed by atoms with Crippen LogP contribution in [0, 0.1) is 12.7 Å². The van der Waals surface area contributed by atoms with Crippen LogP contribution in [-0.4, -0.2) is 21.5 Å². The Kier molecular flexibility index (Phi) is 4.45. The number of aryl methyl sites for hydroxylation is 1. The SMILES string of the molecule is COc1ccc(Cc2nc3c(-c4ccccc4C)nsc3c(=O)[nH]2)cc1F. The number of ether oxygens (including phenoxy) is 1. The Hall–Kier alpha value is -3.06. The molecule has 0 saturated carbocycles. The highest BCUT2D eigenvalue weighted by Crippen LogP contribution is 2.30. The highest BCUT2D eigenvalue weighted by Gasteiger charge is 2.16. The van der Waals surface area contributed by atoms with Crippen LogP contribution in [-0.2, 0) is 6.42 Å². The van der Waals surface area contributed by atoms with Crippen molar-refractivity contribution in [3.05, 3.63) is 75.6 Å².